The Morgan fingerprint density at radius 1 is 1.29 bits per heavy atom. The minimum absolute atomic E-state index is 0.477. The van der Waals surface area contributed by atoms with E-state index in [1.54, 1.807) is 0 Å². The van der Waals surface area contributed by atoms with Gasteiger partial charge in [-0.1, -0.05) is 0 Å². The number of hydrogen-bond acceptors (Lipinski definition) is 1. The van der Waals surface area contributed by atoms with Gasteiger partial charge in [0.2, 0.25) is 0 Å². The standard InChI is InChI=1S/C8H4BrF3N2/c9-6-3-13-7-2-1-5(4-14(6)7)8(10,11)12/h1-4H. The maximum absolute atomic E-state index is 12.3. The summed E-state index contributed by atoms with van der Waals surface area (Å²) in [7, 11) is 0. The molecule has 0 unspecified atom stereocenters. The third-order valence-electron chi connectivity index (χ3n) is 1.79. The Labute approximate surface area is 85.5 Å². The van der Waals surface area contributed by atoms with E-state index in [9.17, 15) is 13.2 Å². The monoisotopic (exact) mass is 264 g/mol. The molecular formula is C8H4BrF3N2. The number of hydrogen-bond donors (Lipinski definition) is 0. The van der Waals surface area contributed by atoms with Crippen LogP contribution in [0.5, 0.6) is 0 Å². The van der Waals surface area contributed by atoms with E-state index in [0.717, 1.165) is 12.3 Å². The highest BCUT2D eigenvalue weighted by atomic mass is 79.9. The summed E-state index contributed by atoms with van der Waals surface area (Å²) >= 11 is 3.10. The van der Waals surface area contributed by atoms with Gasteiger partial charge in [0.25, 0.3) is 0 Å². The van der Waals surface area contributed by atoms with E-state index < -0.39 is 11.7 Å². The lowest BCUT2D eigenvalue weighted by Gasteiger charge is -2.06. The molecule has 2 rings (SSSR count). The minimum atomic E-state index is -4.32. The highest BCUT2D eigenvalue weighted by molar-refractivity contribution is 9.10. The van der Waals surface area contributed by atoms with E-state index in [1.165, 1.54) is 16.7 Å². The number of fused-ring (bicyclic) bond motifs is 1. The molecule has 0 spiro atoms. The van der Waals surface area contributed by atoms with Crippen molar-refractivity contribution in [2.24, 2.45) is 0 Å². The molecule has 0 aliphatic rings. The Morgan fingerprint density at radius 3 is 2.64 bits per heavy atom. The summed E-state index contributed by atoms with van der Waals surface area (Å²) in [5.74, 6) is 0. The average Bonchev–Trinajstić information content (AvgIpc) is 2.46. The molecule has 2 aromatic heterocycles. The maximum Gasteiger partial charge on any atom is 0.417 e. The smallest absolute Gasteiger partial charge is 0.294 e. The van der Waals surface area contributed by atoms with Crippen molar-refractivity contribution in [3.8, 4) is 0 Å². The summed E-state index contributed by atoms with van der Waals surface area (Å²) in [5.41, 5.74) is -0.214. The number of alkyl halides is 3. The molecule has 0 amide bonds. The largest absolute Gasteiger partial charge is 0.417 e. The molecule has 0 fully saturated rings. The third-order valence-corrected chi connectivity index (χ3v) is 2.37. The summed E-state index contributed by atoms with van der Waals surface area (Å²) in [6.07, 6.45) is -1.86. The SMILES string of the molecule is FC(F)(F)c1ccc2ncc(Br)n2c1. The van der Waals surface area contributed by atoms with Gasteiger partial charge in [0.15, 0.2) is 0 Å². The second kappa shape index (κ2) is 2.98. The van der Waals surface area contributed by atoms with E-state index >= 15 is 0 Å². The zero-order chi connectivity index (χ0) is 10.3. The molecule has 0 atom stereocenters. The summed E-state index contributed by atoms with van der Waals surface area (Å²) in [4.78, 5) is 3.89. The third kappa shape index (κ3) is 1.50. The highest BCUT2D eigenvalue weighted by Gasteiger charge is 2.30. The molecule has 0 aromatic carbocycles. The zero-order valence-corrected chi connectivity index (χ0v) is 8.30. The van der Waals surface area contributed by atoms with Gasteiger partial charge in [0, 0.05) is 6.20 Å². The van der Waals surface area contributed by atoms with Crippen molar-refractivity contribution in [3.63, 3.8) is 0 Å². The highest BCUT2D eigenvalue weighted by Crippen LogP contribution is 2.29. The molecule has 0 radical (unpaired) electrons. The number of halogens is 4. The van der Waals surface area contributed by atoms with Gasteiger partial charge in [-0.15, -0.1) is 0 Å². The zero-order valence-electron chi connectivity index (χ0n) is 6.72. The summed E-state index contributed by atoms with van der Waals surface area (Å²) in [6, 6.07) is 2.34. The van der Waals surface area contributed by atoms with Crippen LogP contribution in [0.2, 0.25) is 0 Å². The first kappa shape index (κ1) is 9.51. The van der Waals surface area contributed by atoms with Gasteiger partial charge in [0.1, 0.15) is 10.3 Å². The van der Waals surface area contributed by atoms with Crippen LogP contribution >= 0.6 is 15.9 Å². The first-order valence-corrected chi connectivity index (χ1v) is 4.47. The van der Waals surface area contributed by atoms with Crippen molar-refractivity contribution >= 4 is 21.6 Å². The van der Waals surface area contributed by atoms with Gasteiger partial charge in [-0.3, -0.25) is 4.40 Å². The maximum atomic E-state index is 12.3. The van der Waals surface area contributed by atoms with Crippen LogP contribution in [-0.4, -0.2) is 9.38 Å². The molecule has 14 heavy (non-hydrogen) atoms. The molecule has 2 heterocycles. The summed E-state index contributed by atoms with van der Waals surface area (Å²) < 4.78 is 38.7. The van der Waals surface area contributed by atoms with Crippen LogP contribution in [0.15, 0.2) is 29.1 Å². The van der Waals surface area contributed by atoms with Crippen molar-refractivity contribution in [3.05, 3.63) is 34.7 Å². The van der Waals surface area contributed by atoms with Gasteiger partial charge in [0.05, 0.1) is 11.8 Å². The lowest BCUT2D eigenvalue weighted by Crippen LogP contribution is -2.06. The van der Waals surface area contributed by atoms with Gasteiger partial charge < -0.3 is 0 Å². The molecule has 6 heteroatoms. The number of rotatable bonds is 0. The number of imidazole rings is 1. The van der Waals surface area contributed by atoms with Crippen LogP contribution in [0.25, 0.3) is 5.65 Å². The fourth-order valence-corrected chi connectivity index (χ4v) is 1.50. The predicted octanol–water partition coefficient (Wildman–Crippen LogP) is 3.12. The van der Waals surface area contributed by atoms with Gasteiger partial charge >= 0.3 is 6.18 Å². The lowest BCUT2D eigenvalue weighted by molar-refractivity contribution is -0.137. The average molecular weight is 265 g/mol. The molecule has 2 aromatic rings. The molecular weight excluding hydrogens is 261 g/mol. The Morgan fingerprint density at radius 2 is 2.00 bits per heavy atom. The normalized spacial score (nSPS) is 12.3. The molecule has 2 nitrogen and oxygen atoms in total. The molecule has 0 aliphatic carbocycles. The van der Waals surface area contributed by atoms with Crippen molar-refractivity contribution < 1.29 is 13.2 Å². The molecule has 0 aliphatic heterocycles. The summed E-state index contributed by atoms with van der Waals surface area (Å²) in [6.45, 7) is 0. The Bertz CT molecular complexity index is 475. The minimum Gasteiger partial charge on any atom is -0.294 e. The van der Waals surface area contributed by atoms with Crippen LogP contribution in [-0.2, 0) is 6.18 Å². The van der Waals surface area contributed by atoms with Crippen molar-refractivity contribution in [1.82, 2.24) is 9.38 Å². The second-order valence-electron chi connectivity index (χ2n) is 2.72. The van der Waals surface area contributed by atoms with E-state index in [4.69, 9.17) is 0 Å². The topological polar surface area (TPSA) is 17.3 Å². The fourth-order valence-electron chi connectivity index (χ4n) is 1.12. The first-order chi connectivity index (χ1) is 6.48. The van der Waals surface area contributed by atoms with Crippen LogP contribution in [0.3, 0.4) is 0 Å². The quantitative estimate of drug-likeness (QED) is 0.715. The van der Waals surface area contributed by atoms with Crippen LogP contribution in [0.4, 0.5) is 13.2 Å². The van der Waals surface area contributed by atoms with E-state index in [1.807, 2.05) is 0 Å². The van der Waals surface area contributed by atoms with E-state index in [-0.39, 0.29) is 0 Å². The summed E-state index contributed by atoms with van der Waals surface area (Å²) in [5, 5.41) is 0. The van der Waals surface area contributed by atoms with Crippen LogP contribution < -0.4 is 0 Å². The first-order valence-electron chi connectivity index (χ1n) is 3.68. The Kier molecular flexibility index (Phi) is 2.02. The molecule has 0 bridgehead atoms. The second-order valence-corrected chi connectivity index (χ2v) is 3.54. The van der Waals surface area contributed by atoms with Gasteiger partial charge in [-0.2, -0.15) is 13.2 Å². The molecule has 0 saturated carbocycles. The van der Waals surface area contributed by atoms with Crippen LogP contribution in [0, 0.1) is 0 Å². The molecule has 74 valence electrons. The van der Waals surface area contributed by atoms with E-state index in [2.05, 4.69) is 20.9 Å². The van der Waals surface area contributed by atoms with E-state index in [0.29, 0.717) is 10.3 Å². The van der Waals surface area contributed by atoms with Crippen molar-refractivity contribution in [1.29, 1.82) is 0 Å². The molecule has 0 saturated heterocycles. The Balaban J connectivity index is 2.66. The predicted molar refractivity (Wildman–Crippen MR) is 47.9 cm³/mol. The molecule has 0 N–H and O–H groups in total. The van der Waals surface area contributed by atoms with Crippen LogP contribution in [0.1, 0.15) is 5.56 Å². The lowest BCUT2D eigenvalue weighted by atomic mass is 10.3. The van der Waals surface area contributed by atoms with Gasteiger partial charge in [-0.05, 0) is 28.1 Å². The van der Waals surface area contributed by atoms with Crippen molar-refractivity contribution in [2.75, 3.05) is 0 Å². The van der Waals surface area contributed by atoms with Crippen molar-refractivity contribution in [2.45, 2.75) is 6.18 Å². The fraction of sp³-hybridized carbons (Fsp3) is 0.125. The number of aromatic nitrogens is 2. The van der Waals surface area contributed by atoms with Gasteiger partial charge in [-0.25, -0.2) is 4.98 Å². The number of pyridine rings is 1. The Hall–Kier alpha value is -1.04. The number of nitrogens with zero attached hydrogens (tertiary/aromatic N) is 2.